The Kier molecular flexibility index (Phi) is 4.31. The quantitative estimate of drug-likeness (QED) is 0.666. The van der Waals surface area contributed by atoms with Gasteiger partial charge in [0.1, 0.15) is 0 Å². The number of hydrogen-bond donors (Lipinski definition) is 2. The molecule has 4 nitrogen and oxygen atoms in total. The van der Waals surface area contributed by atoms with Crippen LogP contribution in [0.15, 0.2) is 0 Å². The number of aliphatic hydroxyl groups excluding tert-OH is 1. The summed E-state index contributed by atoms with van der Waals surface area (Å²) in [4.78, 5) is 2.27. The van der Waals surface area contributed by atoms with Gasteiger partial charge in [0, 0.05) is 32.3 Å². The third-order valence-electron chi connectivity index (χ3n) is 2.44. The molecule has 0 saturated carbocycles. The highest BCUT2D eigenvalue weighted by molar-refractivity contribution is 4.79. The molecule has 0 aromatic carbocycles. The molecule has 4 heteroatoms. The Hall–Kier alpha value is -0.160. The minimum Gasteiger partial charge on any atom is -0.395 e. The maximum Gasteiger partial charge on any atom is 0.0752 e. The summed E-state index contributed by atoms with van der Waals surface area (Å²) >= 11 is 0. The summed E-state index contributed by atoms with van der Waals surface area (Å²) < 4.78 is 5.69. The molecular weight excluding hydrogens is 180 g/mol. The molecule has 0 bridgehead atoms. The van der Waals surface area contributed by atoms with E-state index in [1.165, 1.54) is 0 Å². The van der Waals surface area contributed by atoms with Crippen molar-refractivity contribution in [2.45, 2.75) is 31.9 Å². The minimum atomic E-state index is -0.135. The molecule has 1 rings (SSSR count). The molecule has 84 valence electrons. The summed E-state index contributed by atoms with van der Waals surface area (Å²) in [5.41, 5.74) is 5.62. The third kappa shape index (κ3) is 3.92. The van der Waals surface area contributed by atoms with Crippen LogP contribution in [0, 0.1) is 0 Å². The van der Waals surface area contributed by atoms with Crippen molar-refractivity contribution in [1.29, 1.82) is 0 Å². The standard InChI is InChI=1S/C10H22N2O2/c1-10(2)8-12(4-3-5-14-10)6-9(11)7-13/h9,13H,3-8,11H2,1-2H3. The topological polar surface area (TPSA) is 58.7 Å². The first kappa shape index (κ1) is 11.9. The summed E-state index contributed by atoms with van der Waals surface area (Å²) in [6, 6.07) is -0.135. The van der Waals surface area contributed by atoms with Crippen molar-refractivity contribution in [1.82, 2.24) is 4.90 Å². The molecule has 1 aliphatic heterocycles. The van der Waals surface area contributed by atoms with Crippen LogP contribution in [0.3, 0.4) is 0 Å². The second-order valence-electron chi connectivity index (χ2n) is 4.64. The highest BCUT2D eigenvalue weighted by Gasteiger charge is 2.25. The second-order valence-corrected chi connectivity index (χ2v) is 4.64. The molecule has 1 fully saturated rings. The zero-order valence-electron chi connectivity index (χ0n) is 9.20. The number of hydrogen-bond acceptors (Lipinski definition) is 4. The molecule has 1 atom stereocenters. The Balaban J connectivity index is 2.43. The fourth-order valence-corrected chi connectivity index (χ4v) is 1.85. The average molecular weight is 202 g/mol. The zero-order valence-corrected chi connectivity index (χ0v) is 9.20. The predicted molar refractivity (Wildman–Crippen MR) is 56.1 cm³/mol. The maximum atomic E-state index is 8.88. The van der Waals surface area contributed by atoms with E-state index in [9.17, 15) is 0 Å². The molecule has 0 radical (unpaired) electrons. The highest BCUT2D eigenvalue weighted by atomic mass is 16.5. The minimum absolute atomic E-state index is 0.0534. The van der Waals surface area contributed by atoms with E-state index in [-0.39, 0.29) is 18.2 Å². The van der Waals surface area contributed by atoms with Gasteiger partial charge in [0.2, 0.25) is 0 Å². The van der Waals surface area contributed by atoms with Crippen LogP contribution in [-0.4, -0.2) is 54.5 Å². The lowest BCUT2D eigenvalue weighted by Crippen LogP contribution is -2.45. The van der Waals surface area contributed by atoms with Gasteiger partial charge in [-0.15, -0.1) is 0 Å². The molecule has 1 heterocycles. The van der Waals surface area contributed by atoms with Gasteiger partial charge >= 0.3 is 0 Å². The lowest BCUT2D eigenvalue weighted by Gasteiger charge is -2.30. The summed E-state index contributed by atoms with van der Waals surface area (Å²) in [5, 5.41) is 8.88. The predicted octanol–water partition coefficient (Wildman–Crippen LogP) is -0.193. The fourth-order valence-electron chi connectivity index (χ4n) is 1.85. The van der Waals surface area contributed by atoms with Crippen LogP contribution in [0.1, 0.15) is 20.3 Å². The Bertz CT molecular complexity index is 174. The number of rotatable bonds is 3. The smallest absolute Gasteiger partial charge is 0.0752 e. The van der Waals surface area contributed by atoms with Gasteiger partial charge in [-0.3, -0.25) is 4.90 Å². The zero-order chi connectivity index (χ0) is 10.6. The molecular formula is C10H22N2O2. The van der Waals surface area contributed by atoms with E-state index in [4.69, 9.17) is 15.6 Å². The van der Waals surface area contributed by atoms with Crippen LogP contribution in [0.25, 0.3) is 0 Å². The first-order valence-corrected chi connectivity index (χ1v) is 5.26. The molecule has 0 aliphatic carbocycles. The molecule has 14 heavy (non-hydrogen) atoms. The van der Waals surface area contributed by atoms with Gasteiger partial charge < -0.3 is 15.6 Å². The molecule has 0 aromatic heterocycles. The first-order chi connectivity index (χ1) is 6.53. The van der Waals surface area contributed by atoms with Crippen molar-refractivity contribution in [3.05, 3.63) is 0 Å². The number of aliphatic hydroxyl groups is 1. The first-order valence-electron chi connectivity index (χ1n) is 5.26. The van der Waals surface area contributed by atoms with E-state index in [0.717, 1.165) is 32.7 Å². The molecule has 1 saturated heterocycles. The fraction of sp³-hybridized carbons (Fsp3) is 1.00. The van der Waals surface area contributed by atoms with Gasteiger partial charge in [-0.2, -0.15) is 0 Å². The second kappa shape index (κ2) is 5.07. The molecule has 0 spiro atoms. The summed E-state index contributed by atoms with van der Waals surface area (Å²) in [6.45, 7) is 7.71. The lowest BCUT2D eigenvalue weighted by molar-refractivity contribution is -0.0181. The highest BCUT2D eigenvalue weighted by Crippen LogP contribution is 2.16. The molecule has 1 aliphatic rings. The third-order valence-corrected chi connectivity index (χ3v) is 2.44. The molecule has 0 amide bonds. The van der Waals surface area contributed by atoms with E-state index in [2.05, 4.69) is 18.7 Å². The largest absolute Gasteiger partial charge is 0.395 e. The van der Waals surface area contributed by atoms with Crippen molar-refractivity contribution in [3.63, 3.8) is 0 Å². The van der Waals surface area contributed by atoms with Crippen molar-refractivity contribution < 1.29 is 9.84 Å². The van der Waals surface area contributed by atoms with Crippen LogP contribution in [0.4, 0.5) is 0 Å². The van der Waals surface area contributed by atoms with Crippen LogP contribution >= 0.6 is 0 Å². The van der Waals surface area contributed by atoms with Crippen molar-refractivity contribution in [3.8, 4) is 0 Å². The molecule has 3 N–H and O–H groups in total. The van der Waals surface area contributed by atoms with Crippen molar-refractivity contribution >= 4 is 0 Å². The van der Waals surface area contributed by atoms with Crippen LogP contribution in [-0.2, 0) is 4.74 Å². The van der Waals surface area contributed by atoms with Gasteiger partial charge in [0.05, 0.1) is 12.2 Å². The normalized spacial score (nSPS) is 25.7. The van der Waals surface area contributed by atoms with Gasteiger partial charge in [-0.1, -0.05) is 0 Å². The van der Waals surface area contributed by atoms with E-state index < -0.39 is 0 Å². The number of nitrogens with two attached hydrogens (primary N) is 1. The van der Waals surface area contributed by atoms with E-state index in [1.807, 2.05) is 0 Å². The van der Waals surface area contributed by atoms with Crippen LogP contribution in [0.5, 0.6) is 0 Å². The van der Waals surface area contributed by atoms with E-state index >= 15 is 0 Å². The maximum absolute atomic E-state index is 8.88. The van der Waals surface area contributed by atoms with Gasteiger partial charge in [0.25, 0.3) is 0 Å². The molecule has 1 unspecified atom stereocenters. The Morgan fingerprint density at radius 2 is 2.29 bits per heavy atom. The summed E-state index contributed by atoms with van der Waals surface area (Å²) in [5.74, 6) is 0. The Morgan fingerprint density at radius 3 is 2.93 bits per heavy atom. The average Bonchev–Trinajstić information content (AvgIpc) is 2.26. The van der Waals surface area contributed by atoms with Crippen molar-refractivity contribution in [2.24, 2.45) is 5.73 Å². The SMILES string of the molecule is CC1(C)CN(CC(N)CO)CCCO1. The van der Waals surface area contributed by atoms with Gasteiger partial charge in [0.15, 0.2) is 0 Å². The monoisotopic (exact) mass is 202 g/mol. The van der Waals surface area contributed by atoms with Crippen LogP contribution in [0.2, 0.25) is 0 Å². The Morgan fingerprint density at radius 1 is 1.57 bits per heavy atom. The summed E-state index contributed by atoms with van der Waals surface area (Å²) in [6.07, 6.45) is 1.04. The molecule has 0 aromatic rings. The van der Waals surface area contributed by atoms with Crippen LogP contribution < -0.4 is 5.73 Å². The lowest BCUT2D eigenvalue weighted by atomic mass is 10.1. The number of ether oxygens (including phenoxy) is 1. The number of nitrogens with zero attached hydrogens (tertiary/aromatic N) is 1. The van der Waals surface area contributed by atoms with Crippen molar-refractivity contribution in [2.75, 3.05) is 32.8 Å². The van der Waals surface area contributed by atoms with E-state index in [1.54, 1.807) is 0 Å². The van der Waals surface area contributed by atoms with E-state index in [0.29, 0.717) is 0 Å². The Labute approximate surface area is 86.0 Å². The van der Waals surface area contributed by atoms with Gasteiger partial charge in [-0.05, 0) is 20.3 Å². The summed E-state index contributed by atoms with van der Waals surface area (Å²) in [7, 11) is 0. The van der Waals surface area contributed by atoms with Gasteiger partial charge in [-0.25, -0.2) is 0 Å².